The molecule has 1 amide bonds. The lowest BCUT2D eigenvalue weighted by atomic mass is 10.2. The summed E-state index contributed by atoms with van der Waals surface area (Å²) in [7, 11) is 5.68. The van der Waals surface area contributed by atoms with Gasteiger partial charge in [-0.2, -0.15) is 0 Å². The highest BCUT2D eigenvalue weighted by Crippen LogP contribution is 2.31. The average molecular weight is 384 g/mol. The second-order valence-electron chi connectivity index (χ2n) is 6.76. The highest BCUT2D eigenvalue weighted by molar-refractivity contribution is 7.22. The van der Waals surface area contributed by atoms with Crippen LogP contribution in [0.25, 0.3) is 10.2 Å². The highest BCUT2D eigenvalue weighted by Gasteiger charge is 2.22. The zero-order valence-corrected chi connectivity index (χ0v) is 17.0. The van der Waals surface area contributed by atoms with Gasteiger partial charge in [0.25, 0.3) is 5.91 Å². The third kappa shape index (κ3) is 4.46. The Labute approximate surface area is 164 Å². The number of hydrogen-bond donors (Lipinski definition) is 0. The first-order valence-corrected chi connectivity index (χ1v) is 9.78. The van der Waals surface area contributed by atoms with Crippen molar-refractivity contribution in [3.05, 3.63) is 53.6 Å². The molecular weight excluding hydrogens is 358 g/mol. The standard InChI is InChI=1S/C21H25N3O2S/c1-15-8-5-11-18-19(15)22-21(27-18)24(13-7-12-23(2)3)20(25)16-9-6-10-17(14-16)26-4/h5-6,8-11,14H,7,12-13H2,1-4H3. The number of carbonyl (C=O) groups excluding carboxylic acids is 1. The molecule has 5 nitrogen and oxygen atoms in total. The predicted molar refractivity (Wildman–Crippen MR) is 112 cm³/mol. The number of methoxy groups -OCH3 is 1. The number of rotatable bonds is 7. The van der Waals surface area contributed by atoms with Crippen molar-refractivity contribution >= 4 is 32.6 Å². The van der Waals surface area contributed by atoms with Crippen LogP contribution in [0.15, 0.2) is 42.5 Å². The van der Waals surface area contributed by atoms with Crippen LogP contribution in [0.3, 0.4) is 0 Å². The first-order chi connectivity index (χ1) is 13.0. The number of para-hydroxylation sites is 1. The van der Waals surface area contributed by atoms with Crippen LogP contribution in [0.2, 0.25) is 0 Å². The van der Waals surface area contributed by atoms with Crippen molar-refractivity contribution in [1.29, 1.82) is 0 Å². The van der Waals surface area contributed by atoms with E-state index < -0.39 is 0 Å². The van der Waals surface area contributed by atoms with Gasteiger partial charge in [-0.1, -0.05) is 29.5 Å². The van der Waals surface area contributed by atoms with E-state index >= 15 is 0 Å². The molecule has 6 heteroatoms. The fourth-order valence-corrected chi connectivity index (χ4v) is 4.00. The lowest BCUT2D eigenvalue weighted by Gasteiger charge is -2.21. The van der Waals surface area contributed by atoms with Crippen LogP contribution in [0.5, 0.6) is 5.75 Å². The fraction of sp³-hybridized carbons (Fsp3) is 0.333. The quantitative estimate of drug-likeness (QED) is 0.613. The third-order valence-electron chi connectivity index (χ3n) is 4.39. The Kier molecular flexibility index (Phi) is 6.08. The lowest BCUT2D eigenvalue weighted by Crippen LogP contribution is -2.33. The third-order valence-corrected chi connectivity index (χ3v) is 5.43. The van der Waals surface area contributed by atoms with Crippen LogP contribution < -0.4 is 9.64 Å². The molecule has 142 valence electrons. The summed E-state index contributed by atoms with van der Waals surface area (Å²) in [6.07, 6.45) is 0.873. The maximum absolute atomic E-state index is 13.3. The largest absolute Gasteiger partial charge is 0.497 e. The van der Waals surface area contributed by atoms with E-state index in [1.54, 1.807) is 29.4 Å². The summed E-state index contributed by atoms with van der Waals surface area (Å²) >= 11 is 1.56. The Morgan fingerprint density at radius 2 is 1.93 bits per heavy atom. The van der Waals surface area contributed by atoms with E-state index in [1.165, 1.54) is 0 Å². The van der Waals surface area contributed by atoms with Gasteiger partial charge < -0.3 is 9.64 Å². The van der Waals surface area contributed by atoms with Gasteiger partial charge in [0.15, 0.2) is 5.13 Å². The van der Waals surface area contributed by atoms with Crippen LogP contribution in [0.4, 0.5) is 5.13 Å². The summed E-state index contributed by atoms with van der Waals surface area (Å²) < 4.78 is 6.37. The van der Waals surface area contributed by atoms with Gasteiger partial charge in [-0.3, -0.25) is 9.69 Å². The molecule has 3 aromatic rings. The number of nitrogens with zero attached hydrogens (tertiary/aromatic N) is 3. The van der Waals surface area contributed by atoms with E-state index in [1.807, 2.05) is 51.4 Å². The van der Waals surface area contributed by atoms with Gasteiger partial charge in [0.2, 0.25) is 0 Å². The average Bonchev–Trinajstić information content (AvgIpc) is 3.10. The van der Waals surface area contributed by atoms with E-state index in [2.05, 4.69) is 11.0 Å². The topological polar surface area (TPSA) is 45.7 Å². The van der Waals surface area contributed by atoms with Crippen LogP contribution in [0.1, 0.15) is 22.3 Å². The number of aromatic nitrogens is 1. The maximum atomic E-state index is 13.3. The molecule has 1 heterocycles. The summed E-state index contributed by atoms with van der Waals surface area (Å²) in [5.41, 5.74) is 2.70. The molecule has 3 rings (SSSR count). The van der Waals surface area contributed by atoms with Gasteiger partial charge in [-0.15, -0.1) is 0 Å². The Hall–Kier alpha value is -2.44. The monoisotopic (exact) mass is 383 g/mol. The Balaban J connectivity index is 1.96. The first kappa shape index (κ1) is 19.3. The zero-order chi connectivity index (χ0) is 19.4. The molecule has 0 fully saturated rings. The normalized spacial score (nSPS) is 11.1. The molecule has 0 saturated carbocycles. The molecule has 27 heavy (non-hydrogen) atoms. The number of fused-ring (bicyclic) bond motifs is 1. The molecule has 0 bridgehead atoms. The van der Waals surface area contributed by atoms with Crippen LogP contribution in [-0.2, 0) is 0 Å². The minimum absolute atomic E-state index is 0.0515. The van der Waals surface area contributed by atoms with Crippen molar-refractivity contribution in [3.63, 3.8) is 0 Å². The summed E-state index contributed by atoms with van der Waals surface area (Å²) in [6.45, 7) is 3.57. The van der Waals surface area contributed by atoms with Gasteiger partial charge in [-0.25, -0.2) is 4.98 Å². The summed E-state index contributed by atoms with van der Waals surface area (Å²) in [4.78, 5) is 22.0. The summed E-state index contributed by atoms with van der Waals surface area (Å²) in [6, 6.07) is 13.4. The predicted octanol–water partition coefficient (Wildman–Crippen LogP) is 4.21. The molecule has 0 aliphatic rings. The van der Waals surface area contributed by atoms with Gasteiger partial charge in [-0.05, 0) is 63.8 Å². The minimum Gasteiger partial charge on any atom is -0.497 e. The Morgan fingerprint density at radius 3 is 2.63 bits per heavy atom. The van der Waals surface area contributed by atoms with Crippen molar-refractivity contribution in [2.24, 2.45) is 0 Å². The molecular formula is C21H25N3O2S. The Bertz CT molecular complexity index is 936. The van der Waals surface area contributed by atoms with E-state index in [4.69, 9.17) is 9.72 Å². The van der Waals surface area contributed by atoms with Crippen molar-refractivity contribution in [2.45, 2.75) is 13.3 Å². The molecule has 2 aromatic carbocycles. The molecule has 0 aliphatic heterocycles. The van der Waals surface area contributed by atoms with Crippen LogP contribution >= 0.6 is 11.3 Å². The van der Waals surface area contributed by atoms with E-state index in [0.29, 0.717) is 17.9 Å². The molecule has 0 aliphatic carbocycles. The SMILES string of the molecule is COc1cccc(C(=O)N(CCCN(C)C)c2nc3c(C)cccc3s2)c1. The lowest BCUT2D eigenvalue weighted by molar-refractivity contribution is 0.0985. The molecule has 0 saturated heterocycles. The number of anilines is 1. The molecule has 0 N–H and O–H groups in total. The van der Waals surface area contributed by atoms with Gasteiger partial charge in [0, 0.05) is 12.1 Å². The van der Waals surface area contributed by atoms with Crippen molar-refractivity contribution in [1.82, 2.24) is 9.88 Å². The van der Waals surface area contributed by atoms with E-state index in [0.717, 1.165) is 33.9 Å². The van der Waals surface area contributed by atoms with E-state index in [-0.39, 0.29) is 5.91 Å². The number of carbonyl (C=O) groups is 1. The van der Waals surface area contributed by atoms with Crippen LogP contribution in [0, 0.1) is 6.92 Å². The maximum Gasteiger partial charge on any atom is 0.260 e. The minimum atomic E-state index is -0.0515. The van der Waals surface area contributed by atoms with Gasteiger partial charge in [0.05, 0.1) is 17.3 Å². The highest BCUT2D eigenvalue weighted by atomic mass is 32.1. The van der Waals surface area contributed by atoms with Crippen molar-refractivity contribution < 1.29 is 9.53 Å². The number of thiazole rings is 1. The number of amides is 1. The van der Waals surface area contributed by atoms with Crippen molar-refractivity contribution in [3.8, 4) is 5.75 Å². The fourth-order valence-electron chi connectivity index (χ4n) is 2.93. The number of ether oxygens (including phenoxy) is 1. The number of benzene rings is 2. The Morgan fingerprint density at radius 1 is 1.15 bits per heavy atom. The van der Waals surface area contributed by atoms with Gasteiger partial charge >= 0.3 is 0 Å². The number of hydrogen-bond acceptors (Lipinski definition) is 5. The zero-order valence-electron chi connectivity index (χ0n) is 16.2. The van der Waals surface area contributed by atoms with Crippen LogP contribution in [-0.4, -0.2) is 50.1 Å². The molecule has 0 spiro atoms. The second-order valence-corrected chi connectivity index (χ2v) is 7.77. The number of aryl methyl sites for hydroxylation is 1. The molecule has 0 unspecified atom stereocenters. The van der Waals surface area contributed by atoms with Crippen molar-refractivity contribution in [2.75, 3.05) is 39.2 Å². The van der Waals surface area contributed by atoms with Gasteiger partial charge in [0.1, 0.15) is 5.75 Å². The van der Waals surface area contributed by atoms with E-state index in [9.17, 15) is 4.79 Å². The summed E-state index contributed by atoms with van der Waals surface area (Å²) in [5.74, 6) is 0.624. The first-order valence-electron chi connectivity index (χ1n) is 8.96. The molecule has 0 radical (unpaired) electrons. The molecule has 1 aromatic heterocycles. The summed E-state index contributed by atoms with van der Waals surface area (Å²) in [5, 5.41) is 0.742. The second kappa shape index (κ2) is 8.50. The smallest absolute Gasteiger partial charge is 0.260 e. The molecule has 0 atom stereocenters.